The highest BCUT2D eigenvalue weighted by atomic mass is 16.5. The zero-order chi connectivity index (χ0) is 13.8. The van der Waals surface area contributed by atoms with E-state index < -0.39 is 0 Å². The Kier molecular flexibility index (Phi) is 4.04. The van der Waals surface area contributed by atoms with E-state index in [1.54, 1.807) is 6.20 Å². The molecule has 0 spiro atoms. The van der Waals surface area contributed by atoms with E-state index in [1.807, 2.05) is 43.9 Å². The van der Waals surface area contributed by atoms with Crippen molar-refractivity contribution < 1.29 is 4.74 Å². The van der Waals surface area contributed by atoms with Crippen LogP contribution in [-0.2, 0) is 7.05 Å². The second-order valence-corrected chi connectivity index (χ2v) is 4.50. The summed E-state index contributed by atoms with van der Waals surface area (Å²) in [5.41, 5.74) is 3.11. The lowest BCUT2D eigenvalue weighted by molar-refractivity contribution is 0.328. The lowest BCUT2D eigenvalue weighted by atomic mass is 10.1. The van der Waals surface area contributed by atoms with Gasteiger partial charge in [-0.1, -0.05) is 0 Å². The Hall–Kier alpha value is -2.04. The standard InChI is InChI=1S/C14H20N4O/c1-5-19-14-13(7-6-8-15-14)16-10(2)12-9-18(4)17-11(12)3/h6-10,16H,5H2,1-4H3. The molecule has 0 amide bonds. The van der Waals surface area contributed by atoms with E-state index in [9.17, 15) is 0 Å². The van der Waals surface area contributed by atoms with Crippen molar-refractivity contribution in [1.82, 2.24) is 14.8 Å². The molecular weight excluding hydrogens is 240 g/mol. The zero-order valence-corrected chi connectivity index (χ0v) is 11.8. The van der Waals surface area contributed by atoms with Crippen molar-refractivity contribution in [2.45, 2.75) is 26.8 Å². The molecule has 2 aromatic rings. The van der Waals surface area contributed by atoms with E-state index in [0.29, 0.717) is 12.5 Å². The monoisotopic (exact) mass is 260 g/mol. The Balaban J connectivity index is 2.19. The third-order valence-electron chi connectivity index (χ3n) is 2.94. The quantitative estimate of drug-likeness (QED) is 0.898. The summed E-state index contributed by atoms with van der Waals surface area (Å²) < 4.78 is 7.34. The lowest BCUT2D eigenvalue weighted by Gasteiger charge is -2.16. The van der Waals surface area contributed by atoms with Gasteiger partial charge in [-0.15, -0.1) is 0 Å². The number of ether oxygens (including phenoxy) is 1. The minimum atomic E-state index is 0.150. The molecule has 0 bridgehead atoms. The van der Waals surface area contributed by atoms with Crippen LogP contribution in [0.4, 0.5) is 5.69 Å². The molecule has 1 atom stereocenters. The Labute approximate surface area is 113 Å². The largest absolute Gasteiger partial charge is 0.476 e. The molecule has 0 aliphatic heterocycles. The summed E-state index contributed by atoms with van der Waals surface area (Å²) in [7, 11) is 1.93. The van der Waals surface area contributed by atoms with Crippen molar-refractivity contribution >= 4 is 5.69 Å². The number of pyridine rings is 1. The number of aryl methyl sites for hydroxylation is 2. The maximum atomic E-state index is 5.51. The second-order valence-electron chi connectivity index (χ2n) is 4.50. The Morgan fingerprint density at radius 1 is 1.47 bits per heavy atom. The lowest BCUT2D eigenvalue weighted by Crippen LogP contribution is -2.09. The Bertz CT molecular complexity index is 550. The van der Waals surface area contributed by atoms with Crippen molar-refractivity contribution in [3.05, 3.63) is 35.8 Å². The molecule has 102 valence electrons. The molecule has 2 heterocycles. The van der Waals surface area contributed by atoms with Crippen molar-refractivity contribution in [3.8, 4) is 5.88 Å². The molecular formula is C14H20N4O. The number of aromatic nitrogens is 3. The number of anilines is 1. The Morgan fingerprint density at radius 2 is 2.26 bits per heavy atom. The average molecular weight is 260 g/mol. The third-order valence-corrected chi connectivity index (χ3v) is 2.94. The first-order chi connectivity index (χ1) is 9.11. The maximum Gasteiger partial charge on any atom is 0.237 e. The van der Waals surface area contributed by atoms with Gasteiger partial charge in [-0.3, -0.25) is 4.68 Å². The van der Waals surface area contributed by atoms with E-state index in [2.05, 4.69) is 22.3 Å². The van der Waals surface area contributed by atoms with Crippen LogP contribution in [0.5, 0.6) is 5.88 Å². The minimum absolute atomic E-state index is 0.150. The number of nitrogens with one attached hydrogen (secondary N) is 1. The first-order valence-electron chi connectivity index (χ1n) is 6.46. The first kappa shape index (κ1) is 13.4. The van der Waals surface area contributed by atoms with Gasteiger partial charge >= 0.3 is 0 Å². The van der Waals surface area contributed by atoms with E-state index in [1.165, 1.54) is 5.56 Å². The summed E-state index contributed by atoms with van der Waals surface area (Å²) in [6, 6.07) is 4.02. The molecule has 0 saturated carbocycles. The predicted octanol–water partition coefficient (Wildman–Crippen LogP) is 2.70. The Morgan fingerprint density at radius 3 is 2.89 bits per heavy atom. The van der Waals surface area contributed by atoms with Gasteiger partial charge in [0, 0.05) is 25.0 Å². The molecule has 1 N–H and O–H groups in total. The van der Waals surface area contributed by atoms with Crippen LogP contribution in [0.15, 0.2) is 24.5 Å². The average Bonchev–Trinajstić information content (AvgIpc) is 2.71. The highest BCUT2D eigenvalue weighted by Crippen LogP contribution is 2.26. The molecule has 5 heteroatoms. The van der Waals surface area contributed by atoms with Crippen molar-refractivity contribution in [2.24, 2.45) is 7.05 Å². The predicted molar refractivity (Wildman–Crippen MR) is 75.4 cm³/mol. The number of hydrogen-bond acceptors (Lipinski definition) is 4. The van der Waals surface area contributed by atoms with Crippen LogP contribution < -0.4 is 10.1 Å². The summed E-state index contributed by atoms with van der Waals surface area (Å²) in [5.74, 6) is 0.637. The molecule has 0 saturated heterocycles. The van der Waals surface area contributed by atoms with Gasteiger partial charge in [0.1, 0.15) is 0 Å². The summed E-state index contributed by atoms with van der Waals surface area (Å²) >= 11 is 0. The molecule has 0 fully saturated rings. The molecule has 2 rings (SSSR count). The normalized spacial score (nSPS) is 12.2. The van der Waals surface area contributed by atoms with Crippen molar-refractivity contribution in [3.63, 3.8) is 0 Å². The molecule has 1 unspecified atom stereocenters. The summed E-state index contributed by atoms with van der Waals surface area (Å²) in [4.78, 5) is 4.24. The number of nitrogens with zero attached hydrogens (tertiary/aromatic N) is 3. The first-order valence-corrected chi connectivity index (χ1v) is 6.46. The van der Waals surface area contributed by atoms with Crippen LogP contribution in [0.3, 0.4) is 0 Å². The topological polar surface area (TPSA) is 52.0 Å². The van der Waals surface area contributed by atoms with Crippen LogP contribution in [0.2, 0.25) is 0 Å². The minimum Gasteiger partial charge on any atom is -0.476 e. The van der Waals surface area contributed by atoms with E-state index >= 15 is 0 Å². The molecule has 19 heavy (non-hydrogen) atoms. The summed E-state index contributed by atoms with van der Waals surface area (Å²) in [5, 5.41) is 7.79. The highest BCUT2D eigenvalue weighted by molar-refractivity contribution is 5.53. The van der Waals surface area contributed by atoms with Gasteiger partial charge in [-0.25, -0.2) is 4.98 Å². The van der Waals surface area contributed by atoms with E-state index in [-0.39, 0.29) is 6.04 Å². The van der Waals surface area contributed by atoms with Gasteiger partial charge < -0.3 is 10.1 Å². The zero-order valence-electron chi connectivity index (χ0n) is 11.8. The smallest absolute Gasteiger partial charge is 0.237 e. The van der Waals surface area contributed by atoms with Gasteiger partial charge in [0.25, 0.3) is 0 Å². The molecule has 0 aliphatic rings. The van der Waals surface area contributed by atoms with E-state index in [4.69, 9.17) is 4.74 Å². The van der Waals surface area contributed by atoms with Crippen LogP contribution in [0.25, 0.3) is 0 Å². The summed E-state index contributed by atoms with van der Waals surface area (Å²) in [6.45, 7) is 6.67. The van der Waals surface area contributed by atoms with Gasteiger partial charge in [0.05, 0.1) is 24.0 Å². The fraction of sp³-hybridized carbons (Fsp3) is 0.429. The summed E-state index contributed by atoms with van der Waals surface area (Å²) in [6.07, 6.45) is 3.76. The van der Waals surface area contributed by atoms with Crippen LogP contribution in [0, 0.1) is 6.92 Å². The van der Waals surface area contributed by atoms with Crippen LogP contribution >= 0.6 is 0 Å². The van der Waals surface area contributed by atoms with Gasteiger partial charge in [0.2, 0.25) is 5.88 Å². The maximum absolute atomic E-state index is 5.51. The number of hydrogen-bond donors (Lipinski definition) is 1. The van der Waals surface area contributed by atoms with Crippen LogP contribution in [-0.4, -0.2) is 21.4 Å². The fourth-order valence-corrected chi connectivity index (χ4v) is 2.11. The molecule has 5 nitrogen and oxygen atoms in total. The van der Waals surface area contributed by atoms with Gasteiger partial charge in [-0.2, -0.15) is 5.10 Å². The fourth-order valence-electron chi connectivity index (χ4n) is 2.11. The molecule has 2 aromatic heterocycles. The van der Waals surface area contributed by atoms with Gasteiger partial charge in [-0.05, 0) is 32.9 Å². The second kappa shape index (κ2) is 5.73. The van der Waals surface area contributed by atoms with Crippen molar-refractivity contribution in [1.29, 1.82) is 0 Å². The molecule has 0 aliphatic carbocycles. The van der Waals surface area contributed by atoms with E-state index in [0.717, 1.165) is 11.4 Å². The van der Waals surface area contributed by atoms with Crippen molar-refractivity contribution in [2.75, 3.05) is 11.9 Å². The molecule has 0 aromatic carbocycles. The third kappa shape index (κ3) is 3.05. The van der Waals surface area contributed by atoms with Crippen LogP contribution in [0.1, 0.15) is 31.1 Å². The SMILES string of the molecule is CCOc1ncccc1NC(C)c1cn(C)nc1C. The van der Waals surface area contributed by atoms with Gasteiger partial charge in [0.15, 0.2) is 0 Å². The molecule has 0 radical (unpaired) electrons. The highest BCUT2D eigenvalue weighted by Gasteiger charge is 2.13. The number of rotatable bonds is 5.